The number of anilines is 1. The van der Waals surface area contributed by atoms with Crippen molar-refractivity contribution in [2.24, 2.45) is 0 Å². The predicted octanol–water partition coefficient (Wildman–Crippen LogP) is 5.91. The summed E-state index contributed by atoms with van der Waals surface area (Å²) in [7, 11) is 4.07. The molecule has 0 atom stereocenters. The van der Waals surface area contributed by atoms with Crippen molar-refractivity contribution in [2.45, 2.75) is 25.8 Å². The van der Waals surface area contributed by atoms with Gasteiger partial charge in [-0.25, -0.2) is 0 Å². The van der Waals surface area contributed by atoms with E-state index in [0.717, 1.165) is 48.2 Å². The van der Waals surface area contributed by atoms with Crippen LogP contribution in [0.25, 0.3) is 34.0 Å². The molecule has 3 heteroatoms. The molecule has 0 bridgehead atoms. The Balaban J connectivity index is 1.61. The average Bonchev–Trinajstić information content (AvgIpc) is 3.18. The predicted molar refractivity (Wildman–Crippen MR) is 126 cm³/mol. The van der Waals surface area contributed by atoms with Gasteiger partial charge >= 0.3 is 0 Å². The first-order valence-corrected chi connectivity index (χ1v) is 10.4. The second-order valence-corrected chi connectivity index (χ2v) is 7.74. The van der Waals surface area contributed by atoms with E-state index in [2.05, 4.69) is 82.3 Å². The van der Waals surface area contributed by atoms with Gasteiger partial charge in [0.15, 0.2) is 6.20 Å². The fourth-order valence-corrected chi connectivity index (χ4v) is 3.73. The van der Waals surface area contributed by atoms with Crippen LogP contribution >= 0.6 is 0 Å². The van der Waals surface area contributed by atoms with Crippen LogP contribution in [-0.4, -0.2) is 14.1 Å². The zero-order chi connectivity index (χ0) is 20.9. The van der Waals surface area contributed by atoms with Crippen molar-refractivity contribution in [3.05, 3.63) is 72.1 Å². The third-order valence-electron chi connectivity index (χ3n) is 5.39. The number of aryl methyl sites for hydroxylation is 1. The van der Waals surface area contributed by atoms with Gasteiger partial charge in [0.05, 0.1) is 5.39 Å². The number of para-hydroxylation sites is 1. The topological polar surface area (TPSA) is 20.3 Å². The second-order valence-electron chi connectivity index (χ2n) is 7.74. The lowest BCUT2D eigenvalue weighted by Gasteiger charge is -2.11. The number of benzene rings is 2. The molecule has 0 amide bonds. The smallest absolute Gasteiger partial charge is 0.213 e. The minimum absolute atomic E-state index is 0.840. The van der Waals surface area contributed by atoms with Crippen LogP contribution in [0.5, 0.6) is 0 Å². The van der Waals surface area contributed by atoms with E-state index in [1.54, 1.807) is 0 Å². The minimum atomic E-state index is 0.840. The molecule has 30 heavy (non-hydrogen) atoms. The van der Waals surface area contributed by atoms with E-state index >= 15 is 0 Å². The van der Waals surface area contributed by atoms with Crippen molar-refractivity contribution in [1.82, 2.24) is 0 Å². The lowest BCUT2D eigenvalue weighted by Crippen LogP contribution is -2.34. The summed E-state index contributed by atoms with van der Waals surface area (Å²) in [4.78, 5) is 2.08. The first-order valence-electron chi connectivity index (χ1n) is 10.4. The molecule has 2 heterocycles. The molecule has 3 nitrogen and oxygen atoms in total. The Hall–Kier alpha value is -3.51. The quantitative estimate of drug-likeness (QED) is 0.220. The molecule has 0 spiro atoms. The average molecular weight is 396 g/mol. The van der Waals surface area contributed by atoms with Crippen LogP contribution in [-0.2, 0) is 6.54 Å². The van der Waals surface area contributed by atoms with Crippen LogP contribution in [0.15, 0.2) is 65.2 Å². The number of fused-ring (bicyclic) bond motifs is 2. The fourth-order valence-electron chi connectivity index (χ4n) is 3.73. The number of unbranched alkanes of at least 4 members (excludes halogenated alkanes) is 2. The Morgan fingerprint density at radius 1 is 1.03 bits per heavy atom. The molecule has 0 aliphatic heterocycles. The maximum absolute atomic E-state index is 6.06. The van der Waals surface area contributed by atoms with Gasteiger partial charge in [0.1, 0.15) is 17.9 Å². The number of terminal acetylenes is 1. The largest absolute Gasteiger partial charge is 0.457 e. The van der Waals surface area contributed by atoms with E-state index in [0.29, 0.717) is 0 Å². The number of nitrogens with zero attached hydrogens (tertiary/aromatic N) is 2. The molecule has 0 saturated carbocycles. The van der Waals surface area contributed by atoms with E-state index in [4.69, 9.17) is 10.8 Å². The lowest BCUT2D eigenvalue weighted by atomic mass is 10.1. The van der Waals surface area contributed by atoms with Crippen LogP contribution in [0.3, 0.4) is 0 Å². The van der Waals surface area contributed by atoms with Gasteiger partial charge in [-0.15, -0.1) is 12.3 Å². The van der Waals surface area contributed by atoms with Gasteiger partial charge in [0.25, 0.3) is 0 Å². The fraction of sp³-hybridized carbons (Fsp3) is 0.222. The Bertz CT molecular complexity index is 1240. The zero-order valence-corrected chi connectivity index (χ0v) is 17.6. The minimum Gasteiger partial charge on any atom is -0.457 e. The van der Waals surface area contributed by atoms with Crippen molar-refractivity contribution in [1.29, 1.82) is 0 Å². The Kier molecular flexibility index (Phi) is 5.86. The van der Waals surface area contributed by atoms with Gasteiger partial charge < -0.3 is 9.32 Å². The van der Waals surface area contributed by atoms with Crippen molar-refractivity contribution >= 4 is 39.7 Å². The summed E-state index contributed by atoms with van der Waals surface area (Å²) in [5, 5.41) is 2.35. The summed E-state index contributed by atoms with van der Waals surface area (Å²) in [6.07, 6.45) is 14.7. The zero-order valence-electron chi connectivity index (χ0n) is 17.6. The van der Waals surface area contributed by atoms with Crippen molar-refractivity contribution in [3.63, 3.8) is 0 Å². The SMILES string of the molecule is C#CCCCC[n+]1ccc(/C=C/c2cc3ccc(N(C)C)cc3o2)c2ccccc21. The molecule has 0 N–H and O–H groups in total. The number of furan rings is 1. The molecule has 4 rings (SSSR count). The van der Waals surface area contributed by atoms with Gasteiger partial charge in [0, 0.05) is 56.2 Å². The Morgan fingerprint density at radius 2 is 1.90 bits per heavy atom. The van der Waals surface area contributed by atoms with Crippen molar-refractivity contribution in [2.75, 3.05) is 19.0 Å². The van der Waals surface area contributed by atoms with Crippen LogP contribution < -0.4 is 9.47 Å². The van der Waals surface area contributed by atoms with Crippen molar-refractivity contribution < 1.29 is 8.98 Å². The molecule has 0 saturated heterocycles. The van der Waals surface area contributed by atoms with E-state index in [9.17, 15) is 0 Å². The number of hydrogen-bond donors (Lipinski definition) is 0. The third kappa shape index (κ3) is 4.23. The Labute approximate surface area is 178 Å². The number of hydrogen-bond acceptors (Lipinski definition) is 2. The molecule has 0 fully saturated rings. The van der Waals surface area contributed by atoms with E-state index in [1.165, 1.54) is 16.5 Å². The molecule has 150 valence electrons. The van der Waals surface area contributed by atoms with E-state index in [1.807, 2.05) is 20.2 Å². The van der Waals surface area contributed by atoms with Gasteiger partial charge in [0.2, 0.25) is 5.52 Å². The monoisotopic (exact) mass is 395 g/mol. The number of aromatic nitrogens is 1. The third-order valence-corrected chi connectivity index (χ3v) is 5.39. The normalized spacial score (nSPS) is 11.4. The highest BCUT2D eigenvalue weighted by atomic mass is 16.3. The maximum atomic E-state index is 6.06. The molecule has 2 aromatic carbocycles. The van der Waals surface area contributed by atoms with Gasteiger partial charge in [-0.2, -0.15) is 4.57 Å². The lowest BCUT2D eigenvalue weighted by molar-refractivity contribution is -0.671. The molecule has 4 aromatic rings. The molecule has 0 radical (unpaired) electrons. The molecule has 0 aliphatic carbocycles. The first-order chi connectivity index (χ1) is 14.7. The standard InChI is InChI=1S/C27H27N2O/c1-4-5-6-9-17-29-18-16-21(25-10-7-8-11-26(25)29)13-15-24-19-22-12-14-23(28(2)3)20-27(22)30-24/h1,7-8,10-16,18-20H,5-6,9,17H2,2-3H3/q+1. The highest BCUT2D eigenvalue weighted by Gasteiger charge is 2.11. The summed E-state index contributed by atoms with van der Waals surface area (Å²) in [6, 6.07) is 19.1. The summed E-state index contributed by atoms with van der Waals surface area (Å²) in [5.74, 6) is 3.58. The van der Waals surface area contributed by atoms with Crippen LogP contribution in [0.2, 0.25) is 0 Å². The van der Waals surface area contributed by atoms with Gasteiger partial charge in [-0.05, 0) is 42.3 Å². The van der Waals surface area contributed by atoms with Crippen LogP contribution in [0.4, 0.5) is 5.69 Å². The highest BCUT2D eigenvalue weighted by molar-refractivity contribution is 5.90. The van der Waals surface area contributed by atoms with Crippen LogP contribution in [0.1, 0.15) is 30.6 Å². The number of pyridine rings is 1. The van der Waals surface area contributed by atoms with Gasteiger partial charge in [-0.1, -0.05) is 18.2 Å². The van der Waals surface area contributed by atoms with E-state index in [-0.39, 0.29) is 0 Å². The molecular weight excluding hydrogens is 368 g/mol. The van der Waals surface area contributed by atoms with Gasteiger partial charge in [-0.3, -0.25) is 0 Å². The summed E-state index contributed by atoms with van der Waals surface area (Å²) < 4.78 is 8.37. The Morgan fingerprint density at radius 3 is 2.73 bits per heavy atom. The summed E-state index contributed by atoms with van der Waals surface area (Å²) in [6.45, 7) is 0.976. The highest BCUT2D eigenvalue weighted by Crippen LogP contribution is 2.26. The first kappa shape index (κ1) is 19.8. The number of rotatable bonds is 7. The maximum Gasteiger partial charge on any atom is 0.213 e. The van der Waals surface area contributed by atoms with Crippen LogP contribution in [0, 0.1) is 12.3 Å². The summed E-state index contributed by atoms with van der Waals surface area (Å²) in [5.41, 5.74) is 4.46. The molecule has 2 aromatic heterocycles. The molecular formula is C27H27N2O+. The van der Waals surface area contributed by atoms with Crippen molar-refractivity contribution in [3.8, 4) is 12.3 Å². The van der Waals surface area contributed by atoms with E-state index < -0.39 is 0 Å². The summed E-state index contributed by atoms with van der Waals surface area (Å²) >= 11 is 0. The molecule has 0 unspecified atom stereocenters. The second kappa shape index (κ2) is 8.88. The molecule has 0 aliphatic rings.